The summed E-state index contributed by atoms with van der Waals surface area (Å²) in [6, 6.07) is 0.852. The second-order valence-corrected chi connectivity index (χ2v) is 11.4. The number of piperidine rings is 1. The van der Waals surface area contributed by atoms with Crippen LogP contribution in [0.4, 0.5) is 24.2 Å². The van der Waals surface area contributed by atoms with Gasteiger partial charge in [-0.1, -0.05) is 13.8 Å². The molecule has 3 heterocycles. The molecule has 1 aliphatic heterocycles. The topological polar surface area (TPSA) is 98.5 Å². The number of rotatable bonds is 5. The molecule has 12 heteroatoms. The number of anilines is 1. The highest BCUT2D eigenvalue weighted by Crippen LogP contribution is 2.32. The van der Waals surface area contributed by atoms with Gasteiger partial charge < -0.3 is 19.1 Å². The average Bonchev–Trinajstić information content (AvgIpc) is 3.15. The smallest absolute Gasteiger partial charge is 0.416 e. The van der Waals surface area contributed by atoms with Gasteiger partial charge >= 0.3 is 18.8 Å². The lowest BCUT2D eigenvalue weighted by molar-refractivity contribution is -0.0527. The zero-order valence-corrected chi connectivity index (χ0v) is 22.7. The normalized spacial score (nSPS) is 15.4. The van der Waals surface area contributed by atoms with Crippen LogP contribution in [0.25, 0.3) is 5.65 Å². The summed E-state index contributed by atoms with van der Waals surface area (Å²) in [6.45, 7) is 12.1. The van der Waals surface area contributed by atoms with Crippen molar-refractivity contribution in [3.8, 4) is 5.88 Å². The van der Waals surface area contributed by atoms with Crippen LogP contribution in [-0.4, -0.2) is 68.6 Å². The number of nitrogens with zero attached hydrogens (tertiary/aromatic N) is 5. The first-order valence-corrected chi connectivity index (χ1v) is 12.4. The fourth-order valence-electron chi connectivity index (χ4n) is 4.05. The molecular formula is C25H37F2N5O5. The SMILES string of the molecule is CC(C)c1cnn2c(N(C(=O)OC(C)(C)C)C3CCN(C(=O)OC(C)(C)C)CC3)cc(OC(F)F)nc12. The van der Waals surface area contributed by atoms with Gasteiger partial charge in [0.1, 0.15) is 17.0 Å². The van der Waals surface area contributed by atoms with E-state index in [-0.39, 0.29) is 17.6 Å². The molecule has 3 rings (SSSR count). The second-order valence-electron chi connectivity index (χ2n) is 11.4. The molecule has 2 aromatic heterocycles. The average molecular weight is 526 g/mol. The standard InChI is InChI=1S/C25H37F2N5O5/c1-15(2)17-14-28-32-19(13-18(29-20(17)32)35-21(26)27)31(23(34)37-25(6,7)8)16-9-11-30(12-10-16)22(33)36-24(3,4)5/h13-16,21H,9-12H2,1-8H3. The summed E-state index contributed by atoms with van der Waals surface area (Å²) < 4.78 is 43.6. The van der Waals surface area contributed by atoms with Gasteiger partial charge in [-0.2, -0.15) is 23.4 Å². The van der Waals surface area contributed by atoms with Crippen LogP contribution >= 0.6 is 0 Å². The van der Waals surface area contributed by atoms with Crippen molar-refractivity contribution in [2.45, 2.75) is 98.0 Å². The Morgan fingerprint density at radius 1 is 1.05 bits per heavy atom. The summed E-state index contributed by atoms with van der Waals surface area (Å²) in [4.78, 5) is 33.3. The van der Waals surface area contributed by atoms with Crippen molar-refractivity contribution in [2.24, 2.45) is 0 Å². The number of hydrogen-bond donors (Lipinski definition) is 0. The molecule has 0 aromatic carbocycles. The molecule has 1 aliphatic rings. The quantitative estimate of drug-likeness (QED) is 0.501. The summed E-state index contributed by atoms with van der Waals surface area (Å²) in [5.41, 5.74) is -0.421. The zero-order valence-electron chi connectivity index (χ0n) is 22.7. The van der Waals surface area contributed by atoms with Gasteiger partial charge in [-0.3, -0.25) is 4.90 Å². The Kier molecular flexibility index (Phi) is 8.18. The van der Waals surface area contributed by atoms with Crippen LogP contribution in [0.15, 0.2) is 12.3 Å². The van der Waals surface area contributed by atoms with E-state index in [1.807, 2.05) is 13.8 Å². The van der Waals surface area contributed by atoms with Crippen LogP contribution in [-0.2, 0) is 9.47 Å². The highest BCUT2D eigenvalue weighted by atomic mass is 19.3. The number of fused-ring (bicyclic) bond motifs is 1. The highest BCUT2D eigenvalue weighted by molar-refractivity contribution is 5.88. The predicted octanol–water partition coefficient (Wildman–Crippen LogP) is 5.60. The van der Waals surface area contributed by atoms with Crippen LogP contribution in [0.3, 0.4) is 0 Å². The lowest BCUT2D eigenvalue weighted by atomic mass is 10.0. The van der Waals surface area contributed by atoms with E-state index in [9.17, 15) is 18.4 Å². The zero-order chi connectivity index (χ0) is 27.7. The summed E-state index contributed by atoms with van der Waals surface area (Å²) >= 11 is 0. The maximum Gasteiger partial charge on any atom is 0.416 e. The third kappa shape index (κ3) is 7.20. The van der Waals surface area contributed by atoms with Crippen molar-refractivity contribution in [1.82, 2.24) is 19.5 Å². The lowest BCUT2D eigenvalue weighted by Crippen LogP contribution is -2.51. The van der Waals surface area contributed by atoms with Crippen molar-refractivity contribution in [3.05, 3.63) is 17.8 Å². The molecule has 0 saturated carbocycles. The Balaban J connectivity index is 2.03. The maximum atomic E-state index is 13.5. The minimum absolute atomic E-state index is 0.00769. The van der Waals surface area contributed by atoms with Crippen LogP contribution in [0, 0.1) is 0 Å². The summed E-state index contributed by atoms with van der Waals surface area (Å²) in [6.07, 6.45) is 1.32. The van der Waals surface area contributed by atoms with Crippen LogP contribution in [0.5, 0.6) is 5.88 Å². The second kappa shape index (κ2) is 10.7. The molecule has 206 valence electrons. The third-order valence-electron chi connectivity index (χ3n) is 5.61. The molecule has 37 heavy (non-hydrogen) atoms. The number of amides is 2. The van der Waals surface area contributed by atoms with E-state index < -0.39 is 36.0 Å². The summed E-state index contributed by atoms with van der Waals surface area (Å²) in [5.74, 6) is -0.149. The number of alkyl halides is 2. The molecule has 2 aromatic rings. The van der Waals surface area contributed by atoms with E-state index in [4.69, 9.17) is 9.47 Å². The van der Waals surface area contributed by atoms with E-state index in [0.717, 1.165) is 0 Å². The first kappa shape index (κ1) is 28.4. The summed E-state index contributed by atoms with van der Waals surface area (Å²) in [7, 11) is 0. The van der Waals surface area contributed by atoms with Crippen molar-refractivity contribution >= 4 is 23.7 Å². The van der Waals surface area contributed by atoms with Gasteiger partial charge in [-0.25, -0.2) is 9.59 Å². The first-order valence-electron chi connectivity index (χ1n) is 12.4. The predicted molar refractivity (Wildman–Crippen MR) is 133 cm³/mol. The molecule has 0 unspecified atom stereocenters. The lowest BCUT2D eigenvalue weighted by Gasteiger charge is -2.39. The van der Waals surface area contributed by atoms with Crippen molar-refractivity contribution in [2.75, 3.05) is 18.0 Å². The van der Waals surface area contributed by atoms with E-state index in [1.54, 1.807) is 52.6 Å². The highest BCUT2D eigenvalue weighted by Gasteiger charge is 2.36. The van der Waals surface area contributed by atoms with Crippen LogP contribution < -0.4 is 9.64 Å². The molecule has 2 amide bonds. The van der Waals surface area contributed by atoms with Crippen LogP contribution in [0.1, 0.15) is 79.7 Å². The number of carbonyl (C=O) groups is 2. The van der Waals surface area contributed by atoms with Gasteiger partial charge in [0.15, 0.2) is 5.65 Å². The van der Waals surface area contributed by atoms with Gasteiger partial charge in [0.25, 0.3) is 0 Å². The molecule has 0 radical (unpaired) electrons. The molecule has 0 bridgehead atoms. The minimum atomic E-state index is -3.10. The van der Waals surface area contributed by atoms with Gasteiger partial charge in [0, 0.05) is 30.8 Å². The molecule has 1 fully saturated rings. The maximum absolute atomic E-state index is 13.5. The molecule has 0 atom stereocenters. The molecule has 1 saturated heterocycles. The third-order valence-corrected chi connectivity index (χ3v) is 5.61. The number of hydrogen-bond acceptors (Lipinski definition) is 7. The molecule has 0 aliphatic carbocycles. The minimum Gasteiger partial charge on any atom is -0.444 e. The van der Waals surface area contributed by atoms with Gasteiger partial charge in [0.05, 0.1) is 6.20 Å². The van der Waals surface area contributed by atoms with Gasteiger partial charge in [-0.15, -0.1) is 0 Å². The number of aromatic nitrogens is 3. The molecule has 10 nitrogen and oxygen atoms in total. The van der Waals surface area contributed by atoms with Gasteiger partial charge in [0.2, 0.25) is 5.88 Å². The Bertz CT molecular complexity index is 1120. The number of likely N-dealkylation sites (tertiary alicyclic amines) is 1. The molecule has 0 N–H and O–H groups in total. The van der Waals surface area contributed by atoms with E-state index in [1.165, 1.54) is 15.5 Å². The van der Waals surface area contributed by atoms with Gasteiger partial charge in [-0.05, 0) is 60.3 Å². The van der Waals surface area contributed by atoms with Crippen molar-refractivity contribution in [1.29, 1.82) is 0 Å². The van der Waals surface area contributed by atoms with E-state index in [2.05, 4.69) is 14.8 Å². The number of ether oxygens (including phenoxy) is 3. The summed E-state index contributed by atoms with van der Waals surface area (Å²) in [5, 5.41) is 4.42. The first-order chi connectivity index (χ1) is 17.1. The Labute approximate surface area is 215 Å². The largest absolute Gasteiger partial charge is 0.444 e. The Morgan fingerprint density at radius 2 is 1.65 bits per heavy atom. The number of halogens is 2. The van der Waals surface area contributed by atoms with Crippen LogP contribution in [0.2, 0.25) is 0 Å². The Morgan fingerprint density at radius 3 is 2.16 bits per heavy atom. The molecule has 0 spiro atoms. The monoisotopic (exact) mass is 525 g/mol. The Hall–Kier alpha value is -3.18. The fourth-order valence-corrected chi connectivity index (χ4v) is 4.05. The van der Waals surface area contributed by atoms with E-state index >= 15 is 0 Å². The number of carbonyl (C=O) groups excluding carboxylic acids is 2. The van der Waals surface area contributed by atoms with Crippen molar-refractivity contribution < 1.29 is 32.6 Å². The fraction of sp³-hybridized carbons (Fsp3) is 0.680. The molecular weight excluding hydrogens is 488 g/mol. The van der Waals surface area contributed by atoms with Crippen molar-refractivity contribution in [3.63, 3.8) is 0 Å². The van der Waals surface area contributed by atoms with E-state index in [0.29, 0.717) is 37.1 Å².